The first-order valence-electron chi connectivity index (χ1n) is 8.16. The van der Waals surface area contributed by atoms with E-state index in [0.29, 0.717) is 31.6 Å². The number of halogens is 1. The lowest BCUT2D eigenvalue weighted by Gasteiger charge is -2.33. The number of nitrogens with one attached hydrogen (secondary N) is 1. The summed E-state index contributed by atoms with van der Waals surface area (Å²) in [5.41, 5.74) is 0.532. The van der Waals surface area contributed by atoms with E-state index in [9.17, 15) is 17.6 Å². The van der Waals surface area contributed by atoms with Gasteiger partial charge in [0.25, 0.3) is 0 Å². The largest absolute Gasteiger partial charge is 0.324 e. The van der Waals surface area contributed by atoms with Crippen molar-refractivity contribution in [3.63, 3.8) is 0 Å². The molecule has 1 aliphatic heterocycles. The number of para-hydroxylation sites is 1. The maximum absolute atomic E-state index is 13.7. The Morgan fingerprint density at radius 1 is 1.35 bits per heavy atom. The maximum Gasteiger partial charge on any atom is 0.321 e. The van der Waals surface area contributed by atoms with Crippen LogP contribution in [0.3, 0.4) is 0 Å². The molecule has 7 nitrogen and oxygen atoms in total. The predicted molar refractivity (Wildman–Crippen MR) is 94.1 cm³/mol. The highest BCUT2D eigenvalue weighted by Crippen LogP contribution is 2.29. The molecular formula is C17H19FN4O3S. The molecule has 1 fully saturated rings. The molecule has 0 saturated carbocycles. The van der Waals surface area contributed by atoms with Crippen molar-refractivity contribution in [2.24, 2.45) is 0 Å². The van der Waals surface area contributed by atoms with Gasteiger partial charge in [0.05, 0.1) is 11.4 Å². The lowest BCUT2D eigenvalue weighted by molar-refractivity contribution is 0.191. The van der Waals surface area contributed by atoms with Crippen LogP contribution in [0.5, 0.6) is 0 Å². The zero-order valence-corrected chi connectivity index (χ0v) is 15.0. The number of urea groups is 1. The van der Waals surface area contributed by atoms with Crippen LogP contribution in [-0.4, -0.2) is 48.7 Å². The topological polar surface area (TPSA) is 92.3 Å². The fraction of sp³-hybridized carbons (Fsp3) is 0.353. The summed E-state index contributed by atoms with van der Waals surface area (Å²) in [6.07, 6.45) is 5.12. The van der Waals surface area contributed by atoms with Crippen molar-refractivity contribution in [1.29, 1.82) is 0 Å². The summed E-state index contributed by atoms with van der Waals surface area (Å²) in [4.78, 5) is 22.1. The zero-order chi connectivity index (χ0) is 18.7. The van der Waals surface area contributed by atoms with Crippen LogP contribution < -0.4 is 5.32 Å². The van der Waals surface area contributed by atoms with Gasteiger partial charge in [0, 0.05) is 31.5 Å². The van der Waals surface area contributed by atoms with E-state index in [1.165, 1.54) is 24.7 Å². The number of nitrogens with zero attached hydrogens (tertiary/aromatic N) is 3. The molecule has 1 aromatic carbocycles. The number of anilines is 1. The second-order valence-corrected chi connectivity index (χ2v) is 8.22. The van der Waals surface area contributed by atoms with Crippen molar-refractivity contribution in [1.82, 2.24) is 14.9 Å². The third kappa shape index (κ3) is 3.98. The molecule has 0 unspecified atom stereocenters. The van der Waals surface area contributed by atoms with Crippen molar-refractivity contribution in [3.8, 4) is 0 Å². The van der Waals surface area contributed by atoms with Crippen molar-refractivity contribution >= 4 is 21.6 Å². The SMILES string of the molecule is CS(=O)(=O)c1cncnc1[C@H]1CCCN(C(=O)Nc2ccccc2F)C1. The van der Waals surface area contributed by atoms with Crippen molar-refractivity contribution in [2.45, 2.75) is 23.7 Å². The van der Waals surface area contributed by atoms with Gasteiger partial charge in [0.2, 0.25) is 0 Å². The summed E-state index contributed by atoms with van der Waals surface area (Å²) in [6.45, 7) is 0.815. The van der Waals surface area contributed by atoms with Gasteiger partial charge in [0.1, 0.15) is 17.0 Å². The molecular weight excluding hydrogens is 359 g/mol. The summed E-state index contributed by atoms with van der Waals surface area (Å²) in [5.74, 6) is -0.729. The smallest absolute Gasteiger partial charge is 0.321 e. The van der Waals surface area contributed by atoms with Crippen LogP contribution in [0.1, 0.15) is 24.5 Å². The normalized spacial score (nSPS) is 17.8. The van der Waals surface area contributed by atoms with Gasteiger partial charge in [-0.05, 0) is 25.0 Å². The van der Waals surface area contributed by atoms with E-state index < -0.39 is 21.7 Å². The number of benzene rings is 1. The Labute approximate surface area is 151 Å². The predicted octanol–water partition coefficient (Wildman–Crippen LogP) is 2.43. The number of sulfone groups is 1. The van der Waals surface area contributed by atoms with E-state index in [-0.39, 0.29) is 16.5 Å². The molecule has 0 bridgehead atoms. The minimum absolute atomic E-state index is 0.0846. The van der Waals surface area contributed by atoms with E-state index in [1.807, 2.05) is 0 Å². The van der Waals surface area contributed by atoms with E-state index in [1.54, 1.807) is 17.0 Å². The second-order valence-electron chi connectivity index (χ2n) is 6.24. The quantitative estimate of drug-likeness (QED) is 0.886. The Bertz CT molecular complexity index is 920. The molecule has 1 saturated heterocycles. The molecule has 1 aliphatic rings. The molecule has 3 rings (SSSR count). The number of aromatic nitrogens is 2. The van der Waals surface area contributed by atoms with Gasteiger partial charge in [-0.15, -0.1) is 0 Å². The van der Waals surface area contributed by atoms with E-state index in [2.05, 4.69) is 15.3 Å². The molecule has 2 aromatic rings. The molecule has 9 heteroatoms. The first kappa shape index (κ1) is 18.2. The summed E-state index contributed by atoms with van der Waals surface area (Å²) in [7, 11) is -3.47. The number of piperidine rings is 1. The molecule has 2 heterocycles. The number of hydrogen-bond donors (Lipinski definition) is 1. The zero-order valence-electron chi connectivity index (χ0n) is 14.2. The molecule has 0 radical (unpaired) electrons. The Morgan fingerprint density at radius 2 is 2.12 bits per heavy atom. The standard InChI is InChI=1S/C17H19FN4O3S/c1-26(24,25)15-9-19-11-20-16(15)12-5-4-8-22(10-12)17(23)21-14-7-3-2-6-13(14)18/h2-3,6-7,9,11-12H,4-5,8,10H2,1H3,(H,21,23)/t12-/m0/s1. The maximum atomic E-state index is 13.7. The number of hydrogen-bond acceptors (Lipinski definition) is 5. The van der Waals surface area contributed by atoms with Gasteiger partial charge in [0.15, 0.2) is 9.84 Å². The van der Waals surface area contributed by atoms with Crippen molar-refractivity contribution < 1.29 is 17.6 Å². The van der Waals surface area contributed by atoms with E-state index >= 15 is 0 Å². The fourth-order valence-electron chi connectivity index (χ4n) is 3.06. The Morgan fingerprint density at radius 3 is 2.85 bits per heavy atom. The highest BCUT2D eigenvalue weighted by molar-refractivity contribution is 7.90. The Hall–Kier alpha value is -2.55. The highest BCUT2D eigenvalue weighted by Gasteiger charge is 2.29. The van der Waals surface area contributed by atoms with Gasteiger partial charge >= 0.3 is 6.03 Å². The van der Waals surface area contributed by atoms with Crippen LogP contribution in [0.15, 0.2) is 41.7 Å². The molecule has 138 valence electrons. The third-order valence-corrected chi connectivity index (χ3v) is 5.43. The van der Waals surface area contributed by atoms with Crippen molar-refractivity contribution in [3.05, 3.63) is 48.3 Å². The average molecular weight is 378 g/mol. The number of amides is 2. The Balaban J connectivity index is 1.78. The summed E-state index contributed by atoms with van der Waals surface area (Å²) < 4.78 is 37.7. The first-order valence-corrected chi connectivity index (χ1v) is 10.1. The van der Waals surface area contributed by atoms with Crippen LogP contribution in [0.2, 0.25) is 0 Å². The van der Waals surface area contributed by atoms with Gasteiger partial charge in [-0.2, -0.15) is 0 Å². The summed E-state index contributed by atoms with van der Waals surface area (Å²) in [6, 6.07) is 5.52. The molecule has 1 N–H and O–H groups in total. The molecule has 1 aromatic heterocycles. The number of likely N-dealkylation sites (tertiary alicyclic amines) is 1. The summed E-state index contributed by atoms with van der Waals surface area (Å²) in [5, 5.41) is 2.56. The number of carbonyl (C=O) groups is 1. The number of carbonyl (C=O) groups excluding carboxylic acids is 1. The fourth-order valence-corrected chi connectivity index (χ4v) is 3.91. The minimum atomic E-state index is -3.47. The van der Waals surface area contributed by atoms with Gasteiger partial charge in [-0.1, -0.05) is 12.1 Å². The molecule has 2 amide bonds. The van der Waals surface area contributed by atoms with Gasteiger partial charge < -0.3 is 10.2 Å². The van der Waals surface area contributed by atoms with Crippen molar-refractivity contribution in [2.75, 3.05) is 24.7 Å². The molecule has 0 aliphatic carbocycles. The third-order valence-electron chi connectivity index (χ3n) is 4.32. The lowest BCUT2D eigenvalue weighted by atomic mass is 9.94. The monoisotopic (exact) mass is 378 g/mol. The van der Waals surface area contributed by atoms with Crippen LogP contribution in [0.4, 0.5) is 14.9 Å². The van der Waals surface area contributed by atoms with Crippen LogP contribution in [0.25, 0.3) is 0 Å². The highest BCUT2D eigenvalue weighted by atomic mass is 32.2. The molecule has 0 spiro atoms. The summed E-state index contributed by atoms with van der Waals surface area (Å²) >= 11 is 0. The second kappa shape index (κ2) is 7.36. The minimum Gasteiger partial charge on any atom is -0.324 e. The molecule has 1 atom stereocenters. The van der Waals surface area contributed by atoms with Gasteiger partial charge in [-0.25, -0.2) is 27.6 Å². The van der Waals surface area contributed by atoms with Gasteiger partial charge in [-0.3, -0.25) is 0 Å². The van der Waals surface area contributed by atoms with Crippen LogP contribution in [0, 0.1) is 5.82 Å². The lowest BCUT2D eigenvalue weighted by Crippen LogP contribution is -2.42. The van der Waals surface area contributed by atoms with E-state index in [0.717, 1.165) is 6.26 Å². The average Bonchev–Trinajstić information content (AvgIpc) is 2.63. The first-order chi connectivity index (χ1) is 12.4. The molecule has 26 heavy (non-hydrogen) atoms. The number of rotatable bonds is 3. The van der Waals surface area contributed by atoms with Crippen LogP contribution >= 0.6 is 0 Å². The van der Waals surface area contributed by atoms with E-state index in [4.69, 9.17) is 0 Å². The van der Waals surface area contributed by atoms with Crippen LogP contribution in [-0.2, 0) is 9.84 Å². The Kier molecular flexibility index (Phi) is 5.17.